The van der Waals surface area contributed by atoms with Crippen LogP contribution in [0.1, 0.15) is 12.0 Å². The first-order chi connectivity index (χ1) is 6.09. The van der Waals surface area contributed by atoms with Crippen molar-refractivity contribution < 1.29 is 18.7 Å². The molecule has 70 valence electrons. The van der Waals surface area contributed by atoms with E-state index in [1.807, 2.05) is 5.32 Å². The van der Waals surface area contributed by atoms with Gasteiger partial charge in [-0.05, 0) is 12.1 Å². The van der Waals surface area contributed by atoms with Crippen molar-refractivity contribution in [2.45, 2.75) is 6.43 Å². The molecule has 13 heavy (non-hydrogen) atoms. The number of anilines is 1. The SMILES string of the molecule is O=C(O)Nc1cc(C(F)F)ccn1. The van der Waals surface area contributed by atoms with Crippen LogP contribution in [-0.4, -0.2) is 16.2 Å². The van der Waals surface area contributed by atoms with Gasteiger partial charge in [0.1, 0.15) is 5.82 Å². The van der Waals surface area contributed by atoms with E-state index in [2.05, 4.69) is 4.98 Å². The second kappa shape index (κ2) is 3.79. The van der Waals surface area contributed by atoms with Crippen LogP contribution in [-0.2, 0) is 0 Å². The average molecular weight is 188 g/mol. The lowest BCUT2D eigenvalue weighted by Gasteiger charge is -2.02. The highest BCUT2D eigenvalue weighted by atomic mass is 19.3. The minimum Gasteiger partial charge on any atom is -0.465 e. The Morgan fingerprint density at radius 3 is 2.85 bits per heavy atom. The third kappa shape index (κ3) is 2.66. The zero-order valence-electron chi connectivity index (χ0n) is 6.37. The summed E-state index contributed by atoms with van der Waals surface area (Å²) in [5.41, 5.74) is -0.265. The molecule has 0 saturated heterocycles. The van der Waals surface area contributed by atoms with Crippen LogP contribution in [0.2, 0.25) is 0 Å². The number of pyridine rings is 1. The maximum absolute atomic E-state index is 12.1. The van der Waals surface area contributed by atoms with Gasteiger partial charge >= 0.3 is 6.09 Å². The number of alkyl halides is 2. The summed E-state index contributed by atoms with van der Waals surface area (Å²) < 4.78 is 24.2. The number of hydrogen-bond acceptors (Lipinski definition) is 2. The minimum absolute atomic E-state index is 0.106. The fourth-order valence-electron chi connectivity index (χ4n) is 0.761. The number of carbonyl (C=O) groups is 1. The summed E-state index contributed by atoms with van der Waals surface area (Å²) in [4.78, 5) is 13.6. The number of carboxylic acid groups (broad SMARTS) is 1. The fraction of sp³-hybridized carbons (Fsp3) is 0.143. The van der Waals surface area contributed by atoms with Crippen LogP contribution in [0.3, 0.4) is 0 Å². The van der Waals surface area contributed by atoms with Crippen LogP contribution in [0.25, 0.3) is 0 Å². The van der Waals surface area contributed by atoms with Crippen LogP contribution in [0.15, 0.2) is 18.3 Å². The zero-order chi connectivity index (χ0) is 9.84. The summed E-state index contributed by atoms with van der Waals surface area (Å²) in [7, 11) is 0. The Morgan fingerprint density at radius 1 is 1.62 bits per heavy atom. The molecule has 1 rings (SSSR count). The summed E-state index contributed by atoms with van der Waals surface area (Å²) in [6.07, 6.45) is -2.84. The third-order valence-electron chi connectivity index (χ3n) is 1.27. The van der Waals surface area contributed by atoms with Crippen LogP contribution in [0, 0.1) is 0 Å². The van der Waals surface area contributed by atoms with E-state index in [0.29, 0.717) is 0 Å². The molecule has 0 saturated carbocycles. The number of nitrogens with one attached hydrogen (secondary N) is 1. The molecule has 0 aromatic carbocycles. The van der Waals surface area contributed by atoms with Crippen molar-refractivity contribution >= 4 is 11.9 Å². The van der Waals surface area contributed by atoms with Crippen molar-refractivity contribution in [2.24, 2.45) is 0 Å². The lowest BCUT2D eigenvalue weighted by Crippen LogP contribution is -2.08. The number of rotatable bonds is 2. The average Bonchev–Trinajstić information content (AvgIpc) is 2.03. The quantitative estimate of drug-likeness (QED) is 0.747. The number of halogens is 2. The summed E-state index contributed by atoms with van der Waals surface area (Å²) in [6.45, 7) is 0. The van der Waals surface area contributed by atoms with Gasteiger partial charge < -0.3 is 5.11 Å². The molecular formula is C7H6F2N2O2. The van der Waals surface area contributed by atoms with Crippen molar-refractivity contribution in [1.29, 1.82) is 0 Å². The molecular weight excluding hydrogens is 182 g/mol. The maximum atomic E-state index is 12.1. The molecule has 1 amide bonds. The molecule has 0 bridgehead atoms. The molecule has 1 heterocycles. The van der Waals surface area contributed by atoms with E-state index in [9.17, 15) is 13.6 Å². The molecule has 0 aliphatic rings. The number of nitrogens with zero attached hydrogens (tertiary/aromatic N) is 1. The molecule has 1 aromatic heterocycles. The van der Waals surface area contributed by atoms with E-state index in [4.69, 9.17) is 5.11 Å². The molecule has 0 atom stereocenters. The van der Waals surface area contributed by atoms with Crippen molar-refractivity contribution in [3.63, 3.8) is 0 Å². The van der Waals surface area contributed by atoms with Crippen LogP contribution < -0.4 is 5.32 Å². The Bertz CT molecular complexity index is 317. The molecule has 4 nitrogen and oxygen atoms in total. The van der Waals surface area contributed by atoms with Gasteiger partial charge in [0.15, 0.2) is 0 Å². The lowest BCUT2D eigenvalue weighted by atomic mass is 10.3. The summed E-state index contributed by atoms with van der Waals surface area (Å²) in [5, 5.41) is 10.1. The van der Waals surface area contributed by atoms with Crippen molar-refractivity contribution in [1.82, 2.24) is 4.98 Å². The first-order valence-corrected chi connectivity index (χ1v) is 3.33. The highest BCUT2D eigenvalue weighted by molar-refractivity contribution is 5.81. The van der Waals surface area contributed by atoms with E-state index >= 15 is 0 Å². The van der Waals surface area contributed by atoms with E-state index in [0.717, 1.165) is 18.3 Å². The molecule has 0 aliphatic heterocycles. The van der Waals surface area contributed by atoms with Gasteiger partial charge in [0.25, 0.3) is 6.43 Å². The molecule has 6 heteroatoms. The van der Waals surface area contributed by atoms with Crippen molar-refractivity contribution in [3.05, 3.63) is 23.9 Å². The summed E-state index contributed by atoms with van der Waals surface area (Å²) in [6, 6.07) is 2.11. The Labute approximate surface area is 72.2 Å². The number of amides is 1. The van der Waals surface area contributed by atoms with Gasteiger partial charge in [-0.15, -0.1) is 0 Å². The summed E-state index contributed by atoms with van der Waals surface area (Å²) in [5.74, 6) is -0.106. The zero-order valence-corrected chi connectivity index (χ0v) is 6.37. The van der Waals surface area contributed by atoms with E-state index in [1.54, 1.807) is 0 Å². The van der Waals surface area contributed by atoms with Gasteiger partial charge in [0.05, 0.1) is 0 Å². The van der Waals surface area contributed by atoms with Crippen LogP contribution in [0.5, 0.6) is 0 Å². The monoisotopic (exact) mass is 188 g/mol. The summed E-state index contributed by atoms with van der Waals surface area (Å²) >= 11 is 0. The smallest absolute Gasteiger partial charge is 0.410 e. The predicted octanol–water partition coefficient (Wildman–Crippen LogP) is 2.11. The van der Waals surface area contributed by atoms with Gasteiger partial charge in [-0.1, -0.05) is 0 Å². The highest BCUT2D eigenvalue weighted by Gasteiger charge is 2.08. The fourth-order valence-corrected chi connectivity index (χ4v) is 0.761. The van der Waals surface area contributed by atoms with Gasteiger partial charge in [0, 0.05) is 11.8 Å². The van der Waals surface area contributed by atoms with Crippen molar-refractivity contribution in [2.75, 3.05) is 5.32 Å². The first-order valence-electron chi connectivity index (χ1n) is 3.33. The molecule has 0 radical (unpaired) electrons. The Hall–Kier alpha value is -1.72. The molecule has 1 aromatic rings. The molecule has 0 spiro atoms. The van der Waals surface area contributed by atoms with Gasteiger partial charge in [-0.25, -0.2) is 18.6 Å². The third-order valence-corrected chi connectivity index (χ3v) is 1.27. The van der Waals surface area contributed by atoms with Crippen LogP contribution in [0.4, 0.5) is 19.4 Å². The second-order valence-corrected chi connectivity index (χ2v) is 2.21. The number of hydrogen-bond donors (Lipinski definition) is 2. The topological polar surface area (TPSA) is 62.2 Å². The largest absolute Gasteiger partial charge is 0.465 e. The normalized spacial score (nSPS) is 10.1. The highest BCUT2D eigenvalue weighted by Crippen LogP contribution is 2.19. The lowest BCUT2D eigenvalue weighted by molar-refractivity contribution is 0.151. The molecule has 0 aliphatic carbocycles. The predicted molar refractivity (Wildman–Crippen MR) is 40.8 cm³/mol. The van der Waals surface area contributed by atoms with Gasteiger partial charge in [-0.3, -0.25) is 5.32 Å². The Morgan fingerprint density at radius 2 is 2.31 bits per heavy atom. The van der Waals surface area contributed by atoms with E-state index in [1.165, 1.54) is 0 Å². The minimum atomic E-state index is -2.63. The first kappa shape index (κ1) is 9.37. The Kier molecular flexibility index (Phi) is 2.73. The second-order valence-electron chi connectivity index (χ2n) is 2.21. The molecule has 0 fully saturated rings. The number of aromatic nitrogens is 1. The van der Waals surface area contributed by atoms with E-state index < -0.39 is 12.5 Å². The molecule has 0 unspecified atom stereocenters. The standard InChI is InChI=1S/C7H6F2N2O2/c8-6(9)4-1-2-10-5(3-4)11-7(12)13/h1-3,6H,(H,10,11)(H,12,13). The molecule has 2 N–H and O–H groups in total. The van der Waals surface area contributed by atoms with Gasteiger partial charge in [0.2, 0.25) is 0 Å². The van der Waals surface area contributed by atoms with Gasteiger partial charge in [-0.2, -0.15) is 0 Å². The van der Waals surface area contributed by atoms with Crippen molar-refractivity contribution in [3.8, 4) is 0 Å². The maximum Gasteiger partial charge on any atom is 0.410 e. The van der Waals surface area contributed by atoms with Crippen LogP contribution >= 0.6 is 0 Å². The van der Waals surface area contributed by atoms with E-state index in [-0.39, 0.29) is 11.4 Å². The Balaban J connectivity index is 2.85.